The van der Waals surface area contributed by atoms with Crippen LogP contribution < -0.4 is 0 Å². The molecule has 19 heavy (non-hydrogen) atoms. The Hall–Kier alpha value is 1.67. The summed E-state index contributed by atoms with van der Waals surface area (Å²) in [5.74, 6) is 0. The van der Waals surface area contributed by atoms with E-state index in [1.807, 2.05) is 0 Å². The number of hydrogen-bond donors (Lipinski definition) is 0. The zero-order valence-corrected chi connectivity index (χ0v) is 23.9. The first-order chi connectivity index (χ1) is 7.97. The van der Waals surface area contributed by atoms with E-state index in [1.165, 1.54) is 6.36 Å². The second kappa shape index (κ2) is 6.42. The van der Waals surface area contributed by atoms with E-state index in [1.54, 1.807) is 0 Å². The van der Waals surface area contributed by atoms with Crippen LogP contribution in [0.1, 0.15) is 0 Å². The first-order valence-corrected chi connectivity index (χ1v) is 26.9. The van der Waals surface area contributed by atoms with Gasteiger partial charge in [-0.15, -0.1) is 0 Å². The van der Waals surface area contributed by atoms with Crippen molar-refractivity contribution >= 4 is 53.4 Å². The van der Waals surface area contributed by atoms with Crippen molar-refractivity contribution in [3.05, 3.63) is 0 Å². The van der Waals surface area contributed by atoms with E-state index in [4.69, 9.17) is 0 Å². The quantitative estimate of drug-likeness (QED) is 0.497. The fraction of sp³-hybridized carbons (Fsp3) is 1.00. The first-order valence-electron chi connectivity index (χ1n) is 7.97. The van der Waals surface area contributed by atoms with E-state index in [9.17, 15) is 0 Å². The second-order valence-electron chi connectivity index (χ2n) is 10.8. The second-order valence-corrected chi connectivity index (χ2v) is 49.0. The van der Waals surface area contributed by atoms with Gasteiger partial charge in [-0.1, -0.05) is 0 Å². The Balaban J connectivity index is 5.43. The summed E-state index contributed by atoms with van der Waals surface area (Å²) in [6.07, 6.45) is 0. The predicted molar refractivity (Wildman–Crippen MR) is 109 cm³/mol. The normalized spacial score (nSPS) is 15.5. The molecule has 116 valence electrons. The average Bonchev–Trinajstić information content (AvgIpc) is 1.91. The molecule has 0 aromatic rings. The molecule has 0 aliphatic carbocycles. The summed E-state index contributed by atoms with van der Waals surface area (Å²) in [5, 5.41) is 0. The molecule has 0 aromatic heterocycles. The zero-order valence-electron chi connectivity index (χ0n) is 15.9. The topological polar surface area (TPSA) is 0 Å². The molecule has 0 unspecified atom stereocenters. The maximum atomic E-state index is 2.67. The molecule has 0 aromatic carbocycles. The fourth-order valence-corrected chi connectivity index (χ4v) is 66.1. The summed E-state index contributed by atoms with van der Waals surface area (Å²) in [5.41, 5.74) is 0. The molecule has 5 heteroatoms. The number of hydrogen-bond acceptors (Lipinski definition) is 0. The Morgan fingerprint density at radius 3 is 0.684 bits per heavy atom. The van der Waals surface area contributed by atoms with Crippen molar-refractivity contribution in [2.75, 3.05) is 0 Å². The molecular weight excluding hydrogens is 399 g/mol. The zero-order chi connectivity index (χ0) is 15.9. The van der Waals surface area contributed by atoms with Gasteiger partial charge in [0.15, 0.2) is 0 Å². The van der Waals surface area contributed by atoms with Crippen LogP contribution in [0.3, 0.4) is 0 Å². The third kappa shape index (κ3) is 6.97. The predicted octanol–water partition coefficient (Wildman–Crippen LogP) is 5.24. The van der Waals surface area contributed by atoms with Crippen LogP contribution in [0, 0.1) is 0 Å². The summed E-state index contributed by atoms with van der Waals surface area (Å²) in [4.78, 5) is 0. The Morgan fingerprint density at radius 1 is 0.421 bits per heavy atom. The fourth-order valence-electron chi connectivity index (χ4n) is 4.25. The Bertz CT molecular complexity index is 231. The molecule has 0 spiro atoms. The molecule has 0 heterocycles. The monoisotopic (exact) mass is 440 g/mol. The minimum atomic E-state index is -0.943. The van der Waals surface area contributed by atoms with E-state index in [0.29, 0.717) is 0 Å². The van der Waals surface area contributed by atoms with Gasteiger partial charge in [-0.2, -0.15) is 0 Å². The van der Waals surface area contributed by atoms with Gasteiger partial charge in [0.1, 0.15) is 0 Å². The molecule has 0 nitrogen and oxygen atoms in total. The Kier molecular flexibility index (Phi) is 6.98. The Labute approximate surface area is 137 Å². The third-order valence-electron chi connectivity index (χ3n) is 4.65. The van der Waals surface area contributed by atoms with Gasteiger partial charge in [-0.25, -0.2) is 0 Å². The van der Waals surface area contributed by atoms with Crippen molar-refractivity contribution in [1.29, 1.82) is 0 Å². The van der Waals surface area contributed by atoms with E-state index >= 15 is 0 Å². The van der Waals surface area contributed by atoms with Crippen molar-refractivity contribution in [2.45, 2.75) is 84.9 Å². The maximum absolute atomic E-state index is 2.67. The van der Waals surface area contributed by atoms with Gasteiger partial charge in [0.05, 0.1) is 0 Å². The van der Waals surface area contributed by atoms with Gasteiger partial charge < -0.3 is 0 Å². The van der Waals surface area contributed by atoms with Gasteiger partial charge in [-0.05, 0) is 0 Å². The molecule has 0 atom stereocenters. The molecule has 0 fully saturated rings. The van der Waals surface area contributed by atoms with Crippen LogP contribution >= 0.6 is 0 Å². The molecule has 0 bridgehead atoms. The summed E-state index contributed by atoms with van der Waals surface area (Å²) < 4.78 is 2.59. The molecule has 0 aliphatic rings. The molecule has 0 N–H and O–H groups in total. The van der Waals surface area contributed by atoms with Crippen LogP contribution in [0.25, 0.3) is 0 Å². The molecule has 0 saturated carbocycles. The van der Waals surface area contributed by atoms with E-state index in [0.717, 1.165) is 0 Å². The van der Waals surface area contributed by atoms with Crippen molar-refractivity contribution in [3.63, 3.8) is 0 Å². The van der Waals surface area contributed by atoms with Crippen molar-refractivity contribution in [1.82, 2.24) is 0 Å². The summed E-state index contributed by atoms with van der Waals surface area (Å²) >= 11 is -0.697. The van der Waals surface area contributed by atoms with Crippen LogP contribution in [0.15, 0.2) is 0 Å². The van der Waals surface area contributed by atoms with Crippen LogP contribution in [0.5, 0.6) is 0 Å². The Morgan fingerprint density at radius 2 is 0.579 bits per heavy atom. The summed E-state index contributed by atoms with van der Waals surface area (Å²) in [7, 11) is -3.77. The SMILES string of the molecule is C[Si](C)(C)[CH]([SnH2][CH]([Si](C)(C)C)[Si](C)(C)C)[Si](C)(C)C. The van der Waals surface area contributed by atoms with Gasteiger partial charge in [0.25, 0.3) is 0 Å². The molecule has 0 saturated heterocycles. The summed E-state index contributed by atoms with van der Waals surface area (Å²) in [6, 6.07) is 0. The minimum absolute atomic E-state index is 0.697. The van der Waals surface area contributed by atoms with Crippen molar-refractivity contribution in [3.8, 4) is 0 Å². The van der Waals surface area contributed by atoms with Gasteiger partial charge in [-0.3, -0.25) is 0 Å². The van der Waals surface area contributed by atoms with Crippen molar-refractivity contribution in [2.24, 2.45) is 0 Å². The van der Waals surface area contributed by atoms with Crippen LogP contribution in [0.2, 0.25) is 84.9 Å². The van der Waals surface area contributed by atoms with E-state index < -0.39 is 53.4 Å². The average molecular weight is 440 g/mol. The molecule has 0 amide bonds. The van der Waals surface area contributed by atoms with Crippen LogP contribution in [-0.4, -0.2) is 53.4 Å². The standard InChI is InChI=1S/2C7H19Si2.Sn.2H/c2*1-8(2,3)7-9(4,5)6;;;/h2*7H,1-6H3;;;. The van der Waals surface area contributed by atoms with Gasteiger partial charge in [0.2, 0.25) is 0 Å². The van der Waals surface area contributed by atoms with E-state index in [-0.39, 0.29) is 0 Å². The molecule has 0 rings (SSSR count). The third-order valence-corrected chi connectivity index (χ3v) is 74.4. The van der Waals surface area contributed by atoms with Crippen LogP contribution in [-0.2, 0) is 0 Å². The van der Waals surface area contributed by atoms with Crippen LogP contribution in [0.4, 0.5) is 0 Å². The van der Waals surface area contributed by atoms with Crippen molar-refractivity contribution < 1.29 is 0 Å². The van der Waals surface area contributed by atoms with E-state index in [2.05, 4.69) is 78.6 Å². The molecule has 0 aliphatic heterocycles. The first kappa shape index (κ1) is 20.7. The van der Waals surface area contributed by atoms with Gasteiger partial charge >= 0.3 is 138 Å². The molecular formula is C14H40Si4Sn. The number of rotatable bonds is 6. The van der Waals surface area contributed by atoms with Gasteiger partial charge in [0, 0.05) is 0 Å². The molecule has 0 radical (unpaired) electrons. The summed E-state index contributed by atoms with van der Waals surface area (Å²) in [6.45, 7) is 32.0.